The maximum absolute atomic E-state index is 11.0. The third-order valence-electron chi connectivity index (χ3n) is 5.97. The highest BCUT2D eigenvalue weighted by Gasteiger charge is 2.30. The van der Waals surface area contributed by atoms with Crippen LogP contribution in [0, 0.1) is 11.3 Å². The molecule has 0 bridgehead atoms. The number of primary sulfonamides is 1. The van der Waals surface area contributed by atoms with Crippen LogP contribution in [0.15, 0.2) is 36.4 Å². The van der Waals surface area contributed by atoms with Crippen LogP contribution in [0.1, 0.15) is 52.0 Å². The van der Waals surface area contributed by atoms with Gasteiger partial charge in [-0.1, -0.05) is 39.0 Å². The van der Waals surface area contributed by atoms with Gasteiger partial charge in [0.05, 0.1) is 11.9 Å². The number of hydrogen-bond donors (Lipinski definition) is 2. The molecule has 5 nitrogen and oxygen atoms in total. The molecule has 0 aliphatic heterocycles. The van der Waals surface area contributed by atoms with Gasteiger partial charge in [-0.3, -0.25) is 0 Å². The van der Waals surface area contributed by atoms with Gasteiger partial charge in [0.25, 0.3) is 0 Å². The van der Waals surface area contributed by atoms with Crippen molar-refractivity contribution in [3.05, 3.63) is 42.0 Å². The Morgan fingerprint density at radius 1 is 1.03 bits per heavy atom. The van der Waals surface area contributed by atoms with Crippen LogP contribution < -0.4 is 15.2 Å². The average Bonchev–Trinajstić information content (AvgIpc) is 2.64. The summed E-state index contributed by atoms with van der Waals surface area (Å²) >= 11 is 0. The lowest BCUT2D eigenvalue weighted by Gasteiger charge is -2.37. The van der Waals surface area contributed by atoms with Gasteiger partial charge < -0.3 is 10.1 Å². The average molecular weight is 419 g/mol. The quantitative estimate of drug-likeness (QED) is 0.660. The lowest BCUT2D eigenvalue weighted by Crippen LogP contribution is -2.30. The highest BCUT2D eigenvalue weighted by atomic mass is 32.2. The predicted molar refractivity (Wildman–Crippen MR) is 119 cm³/mol. The first-order valence-corrected chi connectivity index (χ1v) is 12.2. The molecule has 6 heteroatoms. The van der Waals surface area contributed by atoms with Gasteiger partial charge in [-0.25, -0.2) is 13.6 Å². The first-order valence-electron chi connectivity index (χ1n) is 10.5. The van der Waals surface area contributed by atoms with Crippen molar-refractivity contribution in [2.75, 3.05) is 12.3 Å². The Balaban J connectivity index is 1.55. The van der Waals surface area contributed by atoms with Crippen molar-refractivity contribution in [1.82, 2.24) is 5.32 Å². The van der Waals surface area contributed by atoms with Crippen LogP contribution in [0.3, 0.4) is 0 Å². The number of benzene rings is 2. The standard InChI is InChI=1S/C23H34N2O3S/c1-23(2,3)20-7-10-21(11-8-20)28-22-9-6-18-14-17(4-5-19(18)15-22)16-25-12-13-29(24,26)27/h4-6,9,14-15,20-21,25H,7-8,10-13,16H2,1-3H3,(H2,24,26,27). The number of fused-ring (bicyclic) bond motifs is 1. The fourth-order valence-electron chi connectivity index (χ4n) is 4.14. The highest BCUT2D eigenvalue weighted by Crippen LogP contribution is 2.39. The summed E-state index contributed by atoms with van der Waals surface area (Å²) in [7, 11) is -3.42. The van der Waals surface area contributed by atoms with E-state index in [0.29, 0.717) is 24.6 Å². The van der Waals surface area contributed by atoms with Gasteiger partial charge in [0.2, 0.25) is 10.0 Å². The molecule has 3 rings (SSSR count). The number of nitrogens with one attached hydrogen (secondary N) is 1. The van der Waals surface area contributed by atoms with Crippen LogP contribution in [-0.4, -0.2) is 26.8 Å². The molecule has 2 aromatic carbocycles. The Hall–Kier alpha value is -1.63. The number of nitrogens with two attached hydrogens (primary N) is 1. The van der Waals surface area contributed by atoms with E-state index in [0.717, 1.165) is 40.8 Å². The van der Waals surface area contributed by atoms with Crippen LogP contribution in [-0.2, 0) is 16.6 Å². The Labute approximate surface area is 175 Å². The van der Waals surface area contributed by atoms with Gasteiger partial charge in [-0.2, -0.15) is 0 Å². The van der Waals surface area contributed by atoms with E-state index in [-0.39, 0.29) is 5.75 Å². The third kappa shape index (κ3) is 6.69. The van der Waals surface area contributed by atoms with E-state index in [1.165, 1.54) is 12.8 Å². The van der Waals surface area contributed by atoms with Gasteiger partial charge in [0, 0.05) is 13.1 Å². The number of sulfonamides is 1. The summed E-state index contributed by atoms with van der Waals surface area (Å²) in [5.74, 6) is 1.67. The second-order valence-corrected chi connectivity index (χ2v) is 11.1. The van der Waals surface area contributed by atoms with Crippen LogP contribution in [0.2, 0.25) is 0 Å². The fraction of sp³-hybridized carbons (Fsp3) is 0.565. The summed E-state index contributed by atoms with van der Waals surface area (Å²) in [6.07, 6.45) is 5.05. The normalized spacial score (nSPS) is 20.7. The second-order valence-electron chi connectivity index (χ2n) is 9.34. The number of rotatable bonds is 7. The monoisotopic (exact) mass is 418 g/mol. The van der Waals surface area contributed by atoms with Crippen LogP contribution in [0.5, 0.6) is 5.75 Å². The van der Waals surface area contributed by atoms with Crippen molar-refractivity contribution < 1.29 is 13.2 Å². The smallest absolute Gasteiger partial charge is 0.210 e. The highest BCUT2D eigenvalue weighted by molar-refractivity contribution is 7.89. The zero-order chi connectivity index (χ0) is 21.1. The molecule has 2 aromatic rings. The molecule has 0 unspecified atom stereocenters. The molecular formula is C23H34N2O3S. The van der Waals surface area contributed by atoms with Crippen molar-refractivity contribution in [3.8, 4) is 5.75 Å². The lowest BCUT2D eigenvalue weighted by atomic mass is 9.72. The van der Waals surface area contributed by atoms with E-state index >= 15 is 0 Å². The maximum Gasteiger partial charge on any atom is 0.210 e. The SMILES string of the molecule is CC(C)(C)C1CCC(Oc2ccc3cc(CNCCS(N)(=O)=O)ccc3c2)CC1. The summed E-state index contributed by atoms with van der Waals surface area (Å²) in [4.78, 5) is 0. The van der Waals surface area contributed by atoms with Crippen molar-refractivity contribution in [2.24, 2.45) is 16.5 Å². The zero-order valence-electron chi connectivity index (χ0n) is 17.8. The topological polar surface area (TPSA) is 81.4 Å². The molecule has 0 heterocycles. The summed E-state index contributed by atoms with van der Waals surface area (Å²) in [5.41, 5.74) is 1.50. The molecule has 0 spiro atoms. The van der Waals surface area contributed by atoms with E-state index in [1.54, 1.807) is 0 Å². The largest absolute Gasteiger partial charge is 0.490 e. The molecule has 1 saturated carbocycles. The van der Waals surface area contributed by atoms with Gasteiger partial charge in [-0.15, -0.1) is 0 Å². The number of ether oxygens (including phenoxy) is 1. The van der Waals surface area contributed by atoms with Gasteiger partial charge in [-0.05, 0) is 71.6 Å². The minimum absolute atomic E-state index is 0.0566. The number of hydrogen-bond acceptors (Lipinski definition) is 4. The summed E-state index contributed by atoms with van der Waals surface area (Å²) in [6, 6.07) is 12.5. The van der Waals surface area contributed by atoms with E-state index in [2.05, 4.69) is 62.5 Å². The molecule has 0 aromatic heterocycles. The van der Waals surface area contributed by atoms with Crippen molar-refractivity contribution in [1.29, 1.82) is 0 Å². The first-order chi connectivity index (χ1) is 13.6. The molecule has 1 aliphatic carbocycles. The fourth-order valence-corrected chi connectivity index (χ4v) is 4.57. The molecule has 1 aliphatic rings. The molecule has 1 fully saturated rings. The Morgan fingerprint density at radius 2 is 1.69 bits per heavy atom. The lowest BCUT2D eigenvalue weighted by molar-refractivity contribution is 0.0883. The molecular weight excluding hydrogens is 384 g/mol. The Kier molecular flexibility index (Phi) is 6.87. The van der Waals surface area contributed by atoms with E-state index < -0.39 is 10.0 Å². The van der Waals surface area contributed by atoms with Gasteiger partial charge in [0.1, 0.15) is 5.75 Å². The van der Waals surface area contributed by atoms with Gasteiger partial charge >= 0.3 is 0 Å². The summed E-state index contributed by atoms with van der Waals surface area (Å²) in [5, 5.41) is 10.4. The molecule has 0 atom stereocenters. The molecule has 3 N–H and O–H groups in total. The van der Waals surface area contributed by atoms with E-state index in [1.807, 2.05) is 0 Å². The second kappa shape index (κ2) is 9.02. The molecule has 0 radical (unpaired) electrons. The summed E-state index contributed by atoms with van der Waals surface area (Å²) < 4.78 is 28.2. The third-order valence-corrected chi connectivity index (χ3v) is 6.74. The first kappa shape index (κ1) is 22.1. The van der Waals surface area contributed by atoms with E-state index in [9.17, 15) is 8.42 Å². The Bertz CT molecular complexity index is 927. The van der Waals surface area contributed by atoms with Crippen LogP contribution >= 0.6 is 0 Å². The zero-order valence-corrected chi connectivity index (χ0v) is 18.6. The summed E-state index contributed by atoms with van der Waals surface area (Å²) in [6.45, 7) is 7.98. The molecule has 0 saturated heterocycles. The predicted octanol–water partition coefficient (Wildman–Crippen LogP) is 4.20. The van der Waals surface area contributed by atoms with Crippen molar-refractivity contribution >= 4 is 20.8 Å². The van der Waals surface area contributed by atoms with Crippen molar-refractivity contribution in [3.63, 3.8) is 0 Å². The van der Waals surface area contributed by atoms with E-state index in [4.69, 9.17) is 9.88 Å². The molecule has 160 valence electrons. The molecule has 0 amide bonds. The van der Waals surface area contributed by atoms with Crippen molar-refractivity contribution in [2.45, 2.75) is 59.1 Å². The Morgan fingerprint density at radius 3 is 2.34 bits per heavy atom. The maximum atomic E-state index is 11.0. The van der Waals surface area contributed by atoms with Crippen LogP contribution in [0.25, 0.3) is 10.8 Å². The van der Waals surface area contributed by atoms with Gasteiger partial charge in [0.15, 0.2) is 0 Å². The minimum Gasteiger partial charge on any atom is -0.490 e. The molecule has 29 heavy (non-hydrogen) atoms. The van der Waals surface area contributed by atoms with Crippen LogP contribution in [0.4, 0.5) is 0 Å². The minimum atomic E-state index is -3.42.